The summed E-state index contributed by atoms with van der Waals surface area (Å²) in [4.78, 5) is 42.9. The number of nitrogens with zero attached hydrogens (tertiary/aromatic N) is 3. The van der Waals surface area contributed by atoms with Crippen LogP contribution in [0.3, 0.4) is 0 Å². The molecule has 0 spiro atoms. The molecule has 38 heavy (non-hydrogen) atoms. The van der Waals surface area contributed by atoms with E-state index < -0.39 is 11.9 Å². The minimum atomic E-state index is -0.428. The highest BCUT2D eigenvalue weighted by Gasteiger charge is 2.26. The Morgan fingerprint density at radius 3 is 2.76 bits per heavy atom. The van der Waals surface area contributed by atoms with Crippen LogP contribution in [-0.4, -0.2) is 59.8 Å². The number of pyridine rings is 1. The number of aromatic nitrogens is 1. The number of nitriles is 1. The standard InChI is InChI=1S/C28H27FN6O3/c1-18(36)35-16-22(33-26(37)17-35)15-32-28(38)24-9-10-25(23-8-3-2-6-20(23)14-30)34-27(24)31-12-11-19-5-4-7-21(29)13-19/h2-10,13,22H,11-12,15-17H2,1H3,(H,31,34)(H,32,38)(H,33,37). The molecule has 3 amide bonds. The Bertz CT molecular complexity index is 1400. The van der Waals surface area contributed by atoms with Crippen molar-refractivity contribution in [2.24, 2.45) is 0 Å². The molecular weight excluding hydrogens is 487 g/mol. The second-order valence-corrected chi connectivity index (χ2v) is 8.93. The van der Waals surface area contributed by atoms with E-state index in [0.29, 0.717) is 42.1 Å². The number of halogens is 1. The smallest absolute Gasteiger partial charge is 0.255 e. The van der Waals surface area contributed by atoms with Gasteiger partial charge in [0.1, 0.15) is 11.6 Å². The third-order valence-electron chi connectivity index (χ3n) is 6.15. The number of hydrogen-bond acceptors (Lipinski definition) is 6. The number of piperazine rings is 1. The van der Waals surface area contributed by atoms with E-state index in [-0.39, 0.29) is 36.3 Å². The average molecular weight is 515 g/mol. The van der Waals surface area contributed by atoms with Crippen LogP contribution in [0, 0.1) is 17.1 Å². The van der Waals surface area contributed by atoms with Crippen molar-refractivity contribution in [2.75, 3.05) is 31.5 Å². The molecule has 0 radical (unpaired) electrons. The van der Waals surface area contributed by atoms with Crippen LogP contribution in [0.2, 0.25) is 0 Å². The van der Waals surface area contributed by atoms with Crippen molar-refractivity contribution in [3.05, 3.63) is 83.2 Å². The largest absolute Gasteiger partial charge is 0.369 e. The molecule has 10 heteroatoms. The summed E-state index contributed by atoms with van der Waals surface area (Å²) in [6.45, 7) is 2.19. The number of rotatable bonds is 8. The molecule has 4 rings (SSSR count). The van der Waals surface area contributed by atoms with Crippen LogP contribution in [0.5, 0.6) is 0 Å². The maximum Gasteiger partial charge on any atom is 0.255 e. The first-order chi connectivity index (χ1) is 18.3. The summed E-state index contributed by atoms with van der Waals surface area (Å²) in [6, 6.07) is 18.3. The van der Waals surface area contributed by atoms with E-state index in [2.05, 4.69) is 27.0 Å². The van der Waals surface area contributed by atoms with Crippen molar-refractivity contribution in [1.82, 2.24) is 20.5 Å². The first-order valence-electron chi connectivity index (χ1n) is 12.2. The first kappa shape index (κ1) is 26.3. The van der Waals surface area contributed by atoms with Crippen molar-refractivity contribution in [2.45, 2.75) is 19.4 Å². The molecule has 1 aliphatic heterocycles. The Balaban J connectivity index is 1.53. The molecule has 9 nitrogen and oxygen atoms in total. The van der Waals surface area contributed by atoms with Crippen LogP contribution in [0.4, 0.5) is 10.2 Å². The molecule has 1 aliphatic rings. The molecular formula is C28H27FN6O3. The van der Waals surface area contributed by atoms with Crippen molar-refractivity contribution < 1.29 is 18.8 Å². The minimum absolute atomic E-state index is 0.00524. The fourth-order valence-corrected chi connectivity index (χ4v) is 4.24. The van der Waals surface area contributed by atoms with Gasteiger partial charge in [0.2, 0.25) is 11.8 Å². The zero-order valence-electron chi connectivity index (χ0n) is 20.8. The highest BCUT2D eigenvalue weighted by Crippen LogP contribution is 2.25. The molecule has 2 aromatic carbocycles. The van der Waals surface area contributed by atoms with Gasteiger partial charge >= 0.3 is 0 Å². The predicted molar refractivity (Wildman–Crippen MR) is 139 cm³/mol. The summed E-state index contributed by atoms with van der Waals surface area (Å²) in [7, 11) is 0. The Morgan fingerprint density at radius 2 is 2.00 bits per heavy atom. The quantitative estimate of drug-likeness (QED) is 0.424. The van der Waals surface area contributed by atoms with Gasteiger partial charge in [-0.05, 0) is 42.3 Å². The maximum atomic E-state index is 13.6. The number of nitrogens with one attached hydrogen (secondary N) is 3. The van der Waals surface area contributed by atoms with Crippen LogP contribution in [-0.2, 0) is 16.0 Å². The summed E-state index contributed by atoms with van der Waals surface area (Å²) in [5.74, 6) is -0.929. The monoisotopic (exact) mass is 514 g/mol. The molecule has 3 aromatic rings. The molecule has 0 bridgehead atoms. The van der Waals surface area contributed by atoms with Crippen LogP contribution >= 0.6 is 0 Å². The number of anilines is 1. The van der Waals surface area contributed by atoms with Crippen LogP contribution in [0.25, 0.3) is 11.3 Å². The number of carbonyl (C=O) groups is 3. The molecule has 1 saturated heterocycles. The molecule has 1 fully saturated rings. The zero-order valence-corrected chi connectivity index (χ0v) is 20.8. The number of hydrogen-bond donors (Lipinski definition) is 3. The summed E-state index contributed by atoms with van der Waals surface area (Å²) in [5.41, 5.74) is 2.66. The van der Waals surface area contributed by atoms with Gasteiger partial charge in [0.05, 0.1) is 35.5 Å². The van der Waals surface area contributed by atoms with E-state index >= 15 is 0 Å². The summed E-state index contributed by atoms with van der Waals surface area (Å²) >= 11 is 0. The zero-order chi connectivity index (χ0) is 27.1. The van der Waals surface area contributed by atoms with E-state index in [1.165, 1.54) is 24.0 Å². The van der Waals surface area contributed by atoms with Gasteiger partial charge in [-0.15, -0.1) is 0 Å². The normalized spacial score (nSPS) is 14.8. The van der Waals surface area contributed by atoms with E-state index in [4.69, 9.17) is 0 Å². The summed E-state index contributed by atoms with van der Waals surface area (Å²) in [6.07, 6.45) is 0.495. The molecule has 1 aromatic heterocycles. The second kappa shape index (κ2) is 12.0. The van der Waals surface area contributed by atoms with E-state index in [1.54, 1.807) is 42.5 Å². The third-order valence-corrected chi connectivity index (χ3v) is 6.15. The lowest BCUT2D eigenvalue weighted by Crippen LogP contribution is -2.58. The SMILES string of the molecule is CC(=O)N1CC(=O)NC(CNC(=O)c2ccc(-c3ccccc3C#N)nc2NCCc2cccc(F)c2)C1. The first-order valence-corrected chi connectivity index (χ1v) is 12.2. The van der Waals surface area contributed by atoms with E-state index in [0.717, 1.165) is 5.56 Å². The highest BCUT2D eigenvalue weighted by molar-refractivity contribution is 5.99. The third kappa shape index (κ3) is 6.50. The minimum Gasteiger partial charge on any atom is -0.369 e. The van der Waals surface area contributed by atoms with Crippen molar-refractivity contribution in [3.8, 4) is 17.3 Å². The second-order valence-electron chi connectivity index (χ2n) is 8.93. The summed E-state index contributed by atoms with van der Waals surface area (Å²) in [5, 5.41) is 18.3. The molecule has 1 atom stereocenters. The van der Waals surface area contributed by atoms with Gasteiger partial charge in [0.15, 0.2) is 0 Å². The molecule has 3 N–H and O–H groups in total. The topological polar surface area (TPSA) is 127 Å². The van der Waals surface area contributed by atoms with Crippen LogP contribution in [0.15, 0.2) is 60.7 Å². The maximum absolute atomic E-state index is 13.6. The van der Waals surface area contributed by atoms with E-state index in [1.807, 2.05) is 6.07 Å². The fraction of sp³-hybridized carbons (Fsp3) is 0.250. The highest BCUT2D eigenvalue weighted by atomic mass is 19.1. The fourth-order valence-electron chi connectivity index (χ4n) is 4.24. The van der Waals surface area contributed by atoms with E-state index in [9.17, 15) is 24.0 Å². The lowest BCUT2D eigenvalue weighted by Gasteiger charge is -2.32. The van der Waals surface area contributed by atoms with Gasteiger partial charge in [0, 0.05) is 32.1 Å². The lowest BCUT2D eigenvalue weighted by atomic mass is 10.0. The van der Waals surface area contributed by atoms with Gasteiger partial charge in [-0.3, -0.25) is 14.4 Å². The molecule has 194 valence electrons. The Labute approximate surface area is 219 Å². The predicted octanol–water partition coefficient (Wildman–Crippen LogP) is 2.49. The Hall–Kier alpha value is -4.78. The number of benzene rings is 2. The Kier molecular flexibility index (Phi) is 8.28. The van der Waals surface area contributed by atoms with Gasteiger partial charge in [-0.1, -0.05) is 30.3 Å². The van der Waals surface area contributed by atoms with Crippen molar-refractivity contribution in [1.29, 1.82) is 5.26 Å². The molecule has 2 heterocycles. The molecule has 1 unspecified atom stereocenters. The number of carbonyl (C=O) groups excluding carboxylic acids is 3. The van der Waals surface area contributed by atoms with Gasteiger partial charge < -0.3 is 20.9 Å². The van der Waals surface area contributed by atoms with Crippen LogP contribution < -0.4 is 16.0 Å². The van der Waals surface area contributed by atoms with Crippen molar-refractivity contribution in [3.63, 3.8) is 0 Å². The average Bonchev–Trinajstić information content (AvgIpc) is 2.91. The lowest BCUT2D eigenvalue weighted by molar-refractivity contribution is -0.137. The van der Waals surface area contributed by atoms with Gasteiger partial charge in [-0.25, -0.2) is 9.37 Å². The van der Waals surface area contributed by atoms with Gasteiger partial charge in [-0.2, -0.15) is 5.26 Å². The molecule has 0 saturated carbocycles. The number of amides is 3. The Morgan fingerprint density at radius 1 is 1.18 bits per heavy atom. The van der Waals surface area contributed by atoms with Crippen LogP contribution in [0.1, 0.15) is 28.4 Å². The van der Waals surface area contributed by atoms with Crippen molar-refractivity contribution >= 4 is 23.5 Å². The molecule has 0 aliphatic carbocycles. The summed E-state index contributed by atoms with van der Waals surface area (Å²) < 4.78 is 13.6. The van der Waals surface area contributed by atoms with Gasteiger partial charge in [0.25, 0.3) is 5.91 Å².